The van der Waals surface area contributed by atoms with E-state index in [2.05, 4.69) is 9.97 Å². The Morgan fingerprint density at radius 2 is 2.54 bits per heavy atom. The molecule has 2 aromatic heterocycles. The number of hydrogen-bond donors (Lipinski definition) is 1. The highest BCUT2D eigenvalue weighted by Gasteiger charge is 2.07. The smallest absolute Gasteiger partial charge is 0.185 e. The zero-order chi connectivity index (χ0) is 9.10. The van der Waals surface area contributed by atoms with Crippen molar-refractivity contribution in [2.45, 2.75) is 6.42 Å². The van der Waals surface area contributed by atoms with Crippen LogP contribution < -0.4 is 0 Å². The van der Waals surface area contributed by atoms with E-state index in [0.717, 1.165) is 4.88 Å². The molecular formula is C9H8N2OS. The zero-order valence-corrected chi connectivity index (χ0v) is 7.67. The summed E-state index contributed by atoms with van der Waals surface area (Å²) in [6.07, 6.45) is 3.53. The minimum absolute atomic E-state index is 0.0833. The maximum absolute atomic E-state index is 11.5. The number of carbonyl (C=O) groups excluding carboxylic acids is 1. The minimum atomic E-state index is 0.0833. The van der Waals surface area contributed by atoms with E-state index in [0.29, 0.717) is 12.1 Å². The first kappa shape index (κ1) is 8.19. The minimum Gasteiger partial charge on any atom is -0.342 e. The molecule has 0 aromatic carbocycles. The van der Waals surface area contributed by atoms with Crippen molar-refractivity contribution in [1.82, 2.24) is 9.97 Å². The summed E-state index contributed by atoms with van der Waals surface area (Å²) in [7, 11) is 0. The summed E-state index contributed by atoms with van der Waals surface area (Å²) in [6.45, 7) is 0. The van der Waals surface area contributed by atoms with Gasteiger partial charge in [0.15, 0.2) is 5.78 Å². The van der Waals surface area contributed by atoms with Crippen LogP contribution in [0, 0.1) is 0 Å². The normalized spacial score (nSPS) is 10.2. The molecule has 4 heteroatoms. The van der Waals surface area contributed by atoms with Crippen molar-refractivity contribution in [1.29, 1.82) is 0 Å². The molecule has 66 valence electrons. The lowest BCUT2D eigenvalue weighted by atomic mass is 10.2. The SMILES string of the molecule is O=C(Cc1cccs1)c1cnc[nH]1. The highest BCUT2D eigenvalue weighted by molar-refractivity contribution is 7.10. The van der Waals surface area contributed by atoms with Crippen LogP contribution in [0.25, 0.3) is 0 Å². The molecule has 13 heavy (non-hydrogen) atoms. The van der Waals surface area contributed by atoms with E-state index in [1.165, 1.54) is 6.33 Å². The summed E-state index contributed by atoms with van der Waals surface area (Å²) in [6, 6.07) is 3.90. The van der Waals surface area contributed by atoms with E-state index < -0.39 is 0 Å². The summed E-state index contributed by atoms with van der Waals surface area (Å²) in [5.41, 5.74) is 0.577. The van der Waals surface area contributed by atoms with E-state index in [1.54, 1.807) is 17.5 Å². The molecule has 0 radical (unpaired) electrons. The van der Waals surface area contributed by atoms with Crippen LogP contribution in [0.3, 0.4) is 0 Å². The van der Waals surface area contributed by atoms with Crippen molar-refractivity contribution < 1.29 is 4.79 Å². The van der Waals surface area contributed by atoms with Crippen LogP contribution in [0.5, 0.6) is 0 Å². The molecule has 2 aromatic rings. The first-order valence-corrected chi connectivity index (χ1v) is 4.78. The van der Waals surface area contributed by atoms with E-state index in [-0.39, 0.29) is 5.78 Å². The second-order valence-electron chi connectivity index (χ2n) is 2.64. The van der Waals surface area contributed by atoms with Gasteiger partial charge < -0.3 is 4.98 Å². The molecule has 0 amide bonds. The Balaban J connectivity index is 2.08. The monoisotopic (exact) mass is 192 g/mol. The van der Waals surface area contributed by atoms with Crippen LogP contribution in [-0.4, -0.2) is 15.8 Å². The van der Waals surface area contributed by atoms with E-state index in [4.69, 9.17) is 0 Å². The molecule has 0 bridgehead atoms. The third-order valence-corrected chi connectivity index (χ3v) is 2.59. The van der Waals surface area contributed by atoms with Crippen molar-refractivity contribution in [2.24, 2.45) is 0 Å². The summed E-state index contributed by atoms with van der Waals surface area (Å²) in [5, 5.41) is 1.97. The molecule has 0 saturated carbocycles. The Bertz CT molecular complexity index is 378. The number of aromatic amines is 1. The number of thiophene rings is 1. The largest absolute Gasteiger partial charge is 0.342 e. The summed E-state index contributed by atoms with van der Waals surface area (Å²) in [5.74, 6) is 0.0833. The number of nitrogens with one attached hydrogen (secondary N) is 1. The molecule has 2 rings (SSSR count). The van der Waals surface area contributed by atoms with Crippen molar-refractivity contribution >= 4 is 17.1 Å². The van der Waals surface area contributed by atoms with Crippen molar-refractivity contribution in [2.75, 3.05) is 0 Å². The lowest BCUT2D eigenvalue weighted by Gasteiger charge is -1.93. The van der Waals surface area contributed by atoms with Crippen LogP contribution in [0.2, 0.25) is 0 Å². The van der Waals surface area contributed by atoms with Gasteiger partial charge in [0.05, 0.1) is 12.5 Å². The fourth-order valence-corrected chi connectivity index (χ4v) is 1.78. The van der Waals surface area contributed by atoms with Gasteiger partial charge in [-0.2, -0.15) is 0 Å². The number of rotatable bonds is 3. The Hall–Kier alpha value is -1.42. The second-order valence-corrected chi connectivity index (χ2v) is 3.68. The van der Waals surface area contributed by atoms with Gasteiger partial charge in [0.1, 0.15) is 5.69 Å². The van der Waals surface area contributed by atoms with Gasteiger partial charge in [0, 0.05) is 11.3 Å². The highest BCUT2D eigenvalue weighted by Crippen LogP contribution is 2.11. The third-order valence-electron chi connectivity index (χ3n) is 1.71. The molecule has 0 fully saturated rings. The average Bonchev–Trinajstić information content (AvgIpc) is 2.74. The molecule has 0 aliphatic heterocycles. The van der Waals surface area contributed by atoms with Gasteiger partial charge >= 0.3 is 0 Å². The maximum Gasteiger partial charge on any atom is 0.185 e. The van der Waals surface area contributed by atoms with Gasteiger partial charge in [0.25, 0.3) is 0 Å². The van der Waals surface area contributed by atoms with Crippen molar-refractivity contribution in [3.8, 4) is 0 Å². The van der Waals surface area contributed by atoms with E-state index in [9.17, 15) is 4.79 Å². The average molecular weight is 192 g/mol. The first-order chi connectivity index (χ1) is 6.36. The summed E-state index contributed by atoms with van der Waals surface area (Å²) >= 11 is 1.59. The number of H-pyrrole nitrogens is 1. The molecule has 0 aliphatic carbocycles. The van der Waals surface area contributed by atoms with Crippen molar-refractivity contribution in [3.05, 3.63) is 40.6 Å². The summed E-state index contributed by atoms with van der Waals surface area (Å²) < 4.78 is 0. The molecule has 2 heterocycles. The highest BCUT2D eigenvalue weighted by atomic mass is 32.1. The quantitative estimate of drug-likeness (QED) is 0.755. The Morgan fingerprint density at radius 3 is 3.15 bits per heavy atom. The number of imidazole rings is 1. The Labute approximate surface area is 79.4 Å². The topological polar surface area (TPSA) is 45.8 Å². The molecule has 3 nitrogen and oxygen atoms in total. The van der Waals surface area contributed by atoms with Gasteiger partial charge in [-0.05, 0) is 11.4 Å². The number of aromatic nitrogens is 2. The molecule has 0 unspecified atom stereocenters. The molecule has 0 atom stereocenters. The lowest BCUT2D eigenvalue weighted by molar-refractivity contribution is 0.0989. The molecular weight excluding hydrogens is 184 g/mol. The molecule has 1 N–H and O–H groups in total. The standard InChI is InChI=1S/C9H8N2OS/c12-9(8-5-10-6-11-8)4-7-2-1-3-13-7/h1-3,5-6H,4H2,(H,10,11). The number of carbonyl (C=O) groups is 1. The maximum atomic E-state index is 11.5. The van der Waals surface area contributed by atoms with Crippen LogP contribution in [0.1, 0.15) is 15.4 Å². The number of hydrogen-bond acceptors (Lipinski definition) is 3. The van der Waals surface area contributed by atoms with E-state index >= 15 is 0 Å². The molecule has 0 saturated heterocycles. The molecule has 0 aliphatic rings. The Morgan fingerprint density at radius 1 is 1.62 bits per heavy atom. The van der Waals surface area contributed by atoms with Gasteiger partial charge in [-0.15, -0.1) is 11.3 Å². The van der Waals surface area contributed by atoms with E-state index in [1.807, 2.05) is 17.5 Å². The van der Waals surface area contributed by atoms with Crippen LogP contribution in [-0.2, 0) is 6.42 Å². The van der Waals surface area contributed by atoms with Crippen molar-refractivity contribution in [3.63, 3.8) is 0 Å². The Kier molecular flexibility index (Phi) is 2.23. The number of nitrogens with zero attached hydrogens (tertiary/aromatic N) is 1. The summed E-state index contributed by atoms with van der Waals surface area (Å²) in [4.78, 5) is 19.2. The third kappa shape index (κ3) is 1.84. The predicted molar refractivity (Wildman–Crippen MR) is 50.9 cm³/mol. The zero-order valence-electron chi connectivity index (χ0n) is 6.86. The predicted octanol–water partition coefficient (Wildman–Crippen LogP) is 1.90. The lowest BCUT2D eigenvalue weighted by Crippen LogP contribution is -2.02. The van der Waals surface area contributed by atoms with Gasteiger partial charge in [-0.1, -0.05) is 6.07 Å². The number of ketones is 1. The second kappa shape index (κ2) is 3.53. The first-order valence-electron chi connectivity index (χ1n) is 3.90. The molecule has 0 spiro atoms. The van der Waals surface area contributed by atoms with Gasteiger partial charge in [-0.25, -0.2) is 4.98 Å². The fraction of sp³-hybridized carbons (Fsp3) is 0.111. The van der Waals surface area contributed by atoms with Gasteiger partial charge in [0.2, 0.25) is 0 Å². The number of Topliss-reactive ketones (excluding diaryl/α,β-unsaturated/α-hetero) is 1. The van der Waals surface area contributed by atoms with Crippen LogP contribution >= 0.6 is 11.3 Å². The fourth-order valence-electron chi connectivity index (χ4n) is 1.08. The van der Waals surface area contributed by atoms with Crippen LogP contribution in [0.4, 0.5) is 0 Å². The van der Waals surface area contributed by atoms with Gasteiger partial charge in [-0.3, -0.25) is 4.79 Å². The van der Waals surface area contributed by atoms with Crippen LogP contribution in [0.15, 0.2) is 30.0 Å².